The van der Waals surface area contributed by atoms with E-state index in [0.29, 0.717) is 0 Å². The van der Waals surface area contributed by atoms with Crippen LogP contribution in [-0.4, -0.2) is 35.6 Å². The minimum Gasteiger partial charge on any atom is -0.313 e. The van der Waals surface area contributed by atoms with Crippen LogP contribution in [0.15, 0.2) is 5.38 Å². The average molecular weight is 264 g/mol. The number of aromatic nitrogens is 1. The Labute approximate surface area is 113 Å². The van der Waals surface area contributed by atoms with Crippen LogP contribution >= 0.6 is 11.3 Å². The van der Waals surface area contributed by atoms with Gasteiger partial charge in [-0.15, -0.1) is 11.3 Å². The van der Waals surface area contributed by atoms with E-state index in [1.165, 1.54) is 0 Å². The first kappa shape index (κ1) is 13.5. The first-order chi connectivity index (χ1) is 8.50. The molecule has 4 nitrogen and oxygen atoms in total. The van der Waals surface area contributed by atoms with Gasteiger partial charge in [-0.25, -0.2) is 4.98 Å². The van der Waals surface area contributed by atoms with Gasteiger partial charge in [0, 0.05) is 30.4 Å². The van der Waals surface area contributed by atoms with Gasteiger partial charge in [0.15, 0.2) is 0 Å². The summed E-state index contributed by atoms with van der Waals surface area (Å²) in [5.41, 5.74) is 1.25. The van der Waals surface area contributed by atoms with Crippen LogP contribution in [-0.2, 0) is 12.0 Å². The van der Waals surface area contributed by atoms with E-state index in [4.69, 9.17) is 10.2 Å². The molecule has 1 N–H and O–H groups in total. The lowest BCUT2D eigenvalue weighted by atomic mass is 9.93. The summed E-state index contributed by atoms with van der Waals surface area (Å²) in [6.45, 7) is 9.95. The molecule has 1 aromatic rings. The summed E-state index contributed by atoms with van der Waals surface area (Å²) in [7, 11) is 0. The molecule has 0 aliphatic carbocycles. The highest BCUT2D eigenvalue weighted by atomic mass is 32.1. The average Bonchev–Trinajstić information content (AvgIpc) is 2.78. The van der Waals surface area contributed by atoms with Gasteiger partial charge in [-0.2, -0.15) is 5.26 Å². The van der Waals surface area contributed by atoms with Crippen LogP contribution in [0.3, 0.4) is 0 Å². The van der Waals surface area contributed by atoms with E-state index < -0.39 is 0 Å². The minimum atomic E-state index is -0.0271. The second-order valence-electron chi connectivity index (χ2n) is 5.70. The Hall–Kier alpha value is -0.960. The number of hydrogen-bond donors (Lipinski definition) is 1. The maximum atomic E-state index is 9.13. The topological polar surface area (TPSA) is 52.0 Å². The molecule has 1 aromatic heterocycles. The maximum absolute atomic E-state index is 9.13. The molecule has 0 saturated carbocycles. The first-order valence-corrected chi connectivity index (χ1v) is 7.18. The van der Waals surface area contributed by atoms with Crippen molar-refractivity contribution in [2.75, 3.05) is 19.6 Å². The third-order valence-electron chi connectivity index (χ3n) is 3.16. The van der Waals surface area contributed by atoms with Crippen molar-refractivity contribution in [1.82, 2.24) is 15.2 Å². The molecule has 1 atom stereocenters. The van der Waals surface area contributed by atoms with Crippen LogP contribution in [0.4, 0.5) is 0 Å². The number of hydrogen-bond acceptors (Lipinski definition) is 5. The zero-order chi connectivity index (χ0) is 13.2. The Morgan fingerprint density at radius 1 is 1.61 bits per heavy atom. The summed E-state index contributed by atoms with van der Waals surface area (Å²) in [4.78, 5) is 6.90. The highest BCUT2D eigenvalue weighted by Crippen LogP contribution is 2.24. The number of nitriles is 1. The fourth-order valence-electron chi connectivity index (χ4n) is 1.96. The van der Waals surface area contributed by atoms with Gasteiger partial charge in [-0.05, 0) is 0 Å². The molecule has 18 heavy (non-hydrogen) atoms. The van der Waals surface area contributed by atoms with E-state index in [1.807, 2.05) is 0 Å². The van der Waals surface area contributed by atoms with Crippen LogP contribution in [0.5, 0.6) is 0 Å². The quantitative estimate of drug-likeness (QED) is 0.884. The minimum absolute atomic E-state index is 0.0271. The fraction of sp³-hybridized carbons (Fsp3) is 0.692. The van der Waals surface area contributed by atoms with Crippen LogP contribution in [0.25, 0.3) is 0 Å². The van der Waals surface area contributed by atoms with Crippen molar-refractivity contribution in [3.8, 4) is 6.07 Å². The molecule has 2 heterocycles. The van der Waals surface area contributed by atoms with Crippen molar-refractivity contribution in [3.63, 3.8) is 0 Å². The molecule has 1 aliphatic rings. The summed E-state index contributed by atoms with van der Waals surface area (Å²) in [5, 5.41) is 15.6. The van der Waals surface area contributed by atoms with E-state index in [1.54, 1.807) is 11.3 Å². The Balaban J connectivity index is 2.05. The second-order valence-corrected chi connectivity index (χ2v) is 6.64. The summed E-state index contributed by atoms with van der Waals surface area (Å²) in [6, 6.07) is 2.32. The predicted molar refractivity (Wildman–Crippen MR) is 73.5 cm³/mol. The van der Waals surface area contributed by atoms with Crippen molar-refractivity contribution < 1.29 is 0 Å². The lowest BCUT2D eigenvalue weighted by Crippen LogP contribution is -2.49. The van der Waals surface area contributed by atoms with Gasteiger partial charge < -0.3 is 5.32 Å². The lowest BCUT2D eigenvalue weighted by Gasteiger charge is -2.31. The molecule has 1 saturated heterocycles. The van der Waals surface area contributed by atoms with Crippen molar-refractivity contribution in [2.24, 2.45) is 0 Å². The summed E-state index contributed by atoms with van der Waals surface area (Å²) in [5.74, 6) is 0. The van der Waals surface area contributed by atoms with Crippen molar-refractivity contribution >= 4 is 11.3 Å². The van der Waals surface area contributed by atoms with Crippen LogP contribution in [0, 0.1) is 11.3 Å². The lowest BCUT2D eigenvalue weighted by molar-refractivity contribution is 0.189. The van der Waals surface area contributed by atoms with E-state index in [-0.39, 0.29) is 11.5 Å². The molecule has 0 radical (unpaired) electrons. The summed E-state index contributed by atoms with van der Waals surface area (Å²) >= 11 is 1.70. The molecular weight excluding hydrogens is 244 g/mol. The first-order valence-electron chi connectivity index (χ1n) is 6.30. The Bertz CT molecular complexity index is 441. The monoisotopic (exact) mass is 264 g/mol. The van der Waals surface area contributed by atoms with Gasteiger partial charge in [0.1, 0.15) is 11.0 Å². The van der Waals surface area contributed by atoms with Crippen LogP contribution in [0.1, 0.15) is 31.5 Å². The normalized spacial score (nSPS) is 21.8. The second kappa shape index (κ2) is 5.35. The van der Waals surface area contributed by atoms with Crippen molar-refractivity contribution in [2.45, 2.75) is 38.8 Å². The molecule has 98 valence electrons. The SMILES string of the molecule is CC(C)(C)c1csc(CN2CCNCC2C#N)n1. The standard InChI is InChI=1S/C13H20N4S/c1-13(2,3)11-9-18-12(16-11)8-17-5-4-15-7-10(17)6-14/h9-10,15H,4-5,7-8H2,1-3H3. The van der Waals surface area contributed by atoms with Crippen molar-refractivity contribution in [3.05, 3.63) is 16.1 Å². The number of rotatable bonds is 2. The number of nitrogens with zero attached hydrogens (tertiary/aromatic N) is 3. The third-order valence-corrected chi connectivity index (χ3v) is 4.00. The Morgan fingerprint density at radius 3 is 3.00 bits per heavy atom. The van der Waals surface area contributed by atoms with Gasteiger partial charge in [-0.3, -0.25) is 4.90 Å². The zero-order valence-electron chi connectivity index (χ0n) is 11.2. The summed E-state index contributed by atoms with van der Waals surface area (Å²) < 4.78 is 0. The van der Waals surface area contributed by atoms with Gasteiger partial charge in [0.05, 0.1) is 18.3 Å². The Morgan fingerprint density at radius 2 is 2.39 bits per heavy atom. The van der Waals surface area contributed by atoms with Crippen LogP contribution in [0.2, 0.25) is 0 Å². The number of thiazole rings is 1. The Kier molecular flexibility index (Phi) is 4.00. The molecule has 0 spiro atoms. The maximum Gasteiger partial charge on any atom is 0.111 e. The van der Waals surface area contributed by atoms with E-state index in [2.05, 4.69) is 42.4 Å². The van der Waals surface area contributed by atoms with E-state index in [9.17, 15) is 0 Å². The summed E-state index contributed by atoms with van der Waals surface area (Å²) in [6.07, 6.45) is 0. The van der Waals surface area contributed by atoms with Crippen molar-refractivity contribution in [1.29, 1.82) is 5.26 Å². The smallest absolute Gasteiger partial charge is 0.111 e. The molecule has 0 bridgehead atoms. The highest BCUT2D eigenvalue weighted by molar-refractivity contribution is 7.09. The molecule has 2 rings (SSSR count). The molecule has 0 amide bonds. The highest BCUT2D eigenvalue weighted by Gasteiger charge is 2.24. The third kappa shape index (κ3) is 3.08. The van der Waals surface area contributed by atoms with Gasteiger partial charge >= 0.3 is 0 Å². The van der Waals surface area contributed by atoms with Gasteiger partial charge in [-0.1, -0.05) is 20.8 Å². The largest absolute Gasteiger partial charge is 0.313 e. The molecular formula is C13H20N4S. The molecule has 1 aliphatic heterocycles. The molecule has 1 unspecified atom stereocenters. The van der Waals surface area contributed by atoms with Crippen LogP contribution < -0.4 is 5.32 Å². The van der Waals surface area contributed by atoms with E-state index >= 15 is 0 Å². The molecule has 5 heteroatoms. The molecule has 0 aromatic carbocycles. The van der Waals surface area contributed by atoms with Gasteiger partial charge in [0.25, 0.3) is 0 Å². The van der Waals surface area contributed by atoms with Gasteiger partial charge in [0.2, 0.25) is 0 Å². The predicted octanol–water partition coefficient (Wildman–Crippen LogP) is 1.74. The number of nitrogens with one attached hydrogen (secondary N) is 1. The van der Waals surface area contributed by atoms with E-state index in [0.717, 1.165) is 36.9 Å². The zero-order valence-corrected chi connectivity index (χ0v) is 12.0. The fourth-order valence-corrected chi connectivity index (χ4v) is 3.01. The number of piperazine rings is 1. The molecule has 1 fully saturated rings.